The third-order valence-corrected chi connectivity index (χ3v) is 3.44. The van der Waals surface area contributed by atoms with E-state index in [1.807, 2.05) is 6.07 Å². The van der Waals surface area contributed by atoms with Gasteiger partial charge < -0.3 is 10.5 Å². The molecule has 3 aromatic rings. The smallest absolute Gasteiger partial charge is 0.164 e. The molecule has 25 heavy (non-hydrogen) atoms. The first-order chi connectivity index (χ1) is 12.2. The molecule has 0 radical (unpaired) electrons. The van der Waals surface area contributed by atoms with Crippen molar-refractivity contribution < 1.29 is 5.21 Å². The average Bonchev–Trinajstić information content (AvgIpc) is 3.06. The SMILES string of the molecule is CC(C#N)Nc1cc(-n2ncc3cc(C#N)cnc32)ncc1C=NO. The fraction of sp³-hybridized carbons (Fsp3) is 0.125. The number of anilines is 1. The van der Waals surface area contributed by atoms with E-state index in [-0.39, 0.29) is 0 Å². The highest BCUT2D eigenvalue weighted by molar-refractivity contribution is 5.87. The summed E-state index contributed by atoms with van der Waals surface area (Å²) < 4.78 is 1.53. The minimum Gasteiger partial charge on any atom is -0.411 e. The van der Waals surface area contributed by atoms with E-state index in [0.29, 0.717) is 33.7 Å². The van der Waals surface area contributed by atoms with Gasteiger partial charge in [0.1, 0.15) is 12.1 Å². The van der Waals surface area contributed by atoms with Crippen LogP contribution in [0.2, 0.25) is 0 Å². The standard InChI is InChI=1S/C16H12N8O/c1-10(4-17)23-14-3-15(19-7-13(14)9-22-25)24-16-12(8-21-24)2-11(5-18)6-20-16/h2-3,6-10,25H,1H3,(H,19,23). The molecule has 3 aromatic heterocycles. The second-order valence-corrected chi connectivity index (χ2v) is 5.17. The van der Waals surface area contributed by atoms with E-state index in [1.54, 1.807) is 25.3 Å². The summed E-state index contributed by atoms with van der Waals surface area (Å²) in [6.07, 6.45) is 5.78. The summed E-state index contributed by atoms with van der Waals surface area (Å²) in [5, 5.41) is 37.7. The zero-order valence-electron chi connectivity index (χ0n) is 13.1. The van der Waals surface area contributed by atoms with Crippen molar-refractivity contribution in [3.05, 3.63) is 41.9 Å². The van der Waals surface area contributed by atoms with Crippen LogP contribution in [-0.2, 0) is 0 Å². The van der Waals surface area contributed by atoms with Gasteiger partial charge in [-0.05, 0) is 13.0 Å². The third-order valence-electron chi connectivity index (χ3n) is 3.44. The highest BCUT2D eigenvalue weighted by Crippen LogP contribution is 2.21. The van der Waals surface area contributed by atoms with E-state index in [0.717, 1.165) is 0 Å². The van der Waals surface area contributed by atoms with Crippen LogP contribution in [0.25, 0.3) is 16.9 Å². The molecule has 0 aromatic carbocycles. The summed E-state index contributed by atoms with van der Waals surface area (Å²) in [6.45, 7) is 1.70. The normalized spacial score (nSPS) is 12.0. The molecule has 122 valence electrons. The van der Waals surface area contributed by atoms with Crippen molar-refractivity contribution in [3.8, 4) is 18.0 Å². The minimum absolute atomic E-state index is 0.444. The van der Waals surface area contributed by atoms with Gasteiger partial charge in [0.15, 0.2) is 11.5 Å². The van der Waals surface area contributed by atoms with Gasteiger partial charge in [-0.25, -0.2) is 9.97 Å². The molecule has 3 rings (SSSR count). The van der Waals surface area contributed by atoms with Gasteiger partial charge >= 0.3 is 0 Å². The maximum atomic E-state index is 9.00. The van der Waals surface area contributed by atoms with Crippen LogP contribution in [0, 0.1) is 22.7 Å². The number of oxime groups is 1. The van der Waals surface area contributed by atoms with Crippen molar-refractivity contribution in [2.45, 2.75) is 13.0 Å². The maximum absolute atomic E-state index is 9.00. The Labute approximate surface area is 142 Å². The van der Waals surface area contributed by atoms with Crippen molar-refractivity contribution in [2.24, 2.45) is 5.16 Å². The number of pyridine rings is 2. The molecule has 2 N–H and O–H groups in total. The summed E-state index contributed by atoms with van der Waals surface area (Å²) in [7, 11) is 0. The first kappa shape index (κ1) is 15.9. The number of fused-ring (bicyclic) bond motifs is 1. The molecule has 3 heterocycles. The number of hydrogen-bond acceptors (Lipinski definition) is 8. The lowest BCUT2D eigenvalue weighted by molar-refractivity contribution is 0.322. The summed E-state index contributed by atoms with van der Waals surface area (Å²) in [5.74, 6) is 0.468. The monoisotopic (exact) mass is 332 g/mol. The zero-order valence-corrected chi connectivity index (χ0v) is 13.1. The highest BCUT2D eigenvalue weighted by atomic mass is 16.4. The molecule has 1 atom stereocenters. The van der Waals surface area contributed by atoms with E-state index in [9.17, 15) is 0 Å². The lowest BCUT2D eigenvalue weighted by Crippen LogP contribution is -2.14. The molecule has 0 spiro atoms. The van der Waals surface area contributed by atoms with Crippen LogP contribution < -0.4 is 5.32 Å². The van der Waals surface area contributed by atoms with Gasteiger partial charge in [0.2, 0.25) is 0 Å². The number of nitriles is 2. The quantitative estimate of drug-likeness (QED) is 0.422. The van der Waals surface area contributed by atoms with Crippen LogP contribution in [-0.4, -0.2) is 37.2 Å². The van der Waals surface area contributed by atoms with Gasteiger partial charge in [0.25, 0.3) is 0 Å². The molecule has 0 aliphatic heterocycles. The van der Waals surface area contributed by atoms with Crippen molar-refractivity contribution >= 4 is 22.9 Å². The van der Waals surface area contributed by atoms with Gasteiger partial charge in [-0.1, -0.05) is 5.16 Å². The Morgan fingerprint density at radius 1 is 1.28 bits per heavy atom. The summed E-state index contributed by atoms with van der Waals surface area (Å²) >= 11 is 0. The van der Waals surface area contributed by atoms with E-state index < -0.39 is 6.04 Å². The summed E-state index contributed by atoms with van der Waals surface area (Å²) in [6, 6.07) is 7.02. The Morgan fingerprint density at radius 2 is 2.12 bits per heavy atom. The lowest BCUT2D eigenvalue weighted by Gasteiger charge is -2.12. The van der Waals surface area contributed by atoms with Crippen LogP contribution in [0.15, 0.2) is 35.9 Å². The van der Waals surface area contributed by atoms with Gasteiger partial charge in [-0.3, -0.25) is 0 Å². The van der Waals surface area contributed by atoms with E-state index in [4.69, 9.17) is 15.7 Å². The van der Waals surface area contributed by atoms with Crippen LogP contribution in [0.4, 0.5) is 5.69 Å². The zero-order chi connectivity index (χ0) is 17.8. The second-order valence-electron chi connectivity index (χ2n) is 5.17. The van der Waals surface area contributed by atoms with Gasteiger partial charge in [-0.15, -0.1) is 0 Å². The molecule has 1 unspecified atom stereocenters. The Hall–Kier alpha value is -3.98. The Bertz CT molecular complexity index is 1040. The van der Waals surface area contributed by atoms with Crippen LogP contribution in [0.1, 0.15) is 18.1 Å². The summed E-state index contributed by atoms with van der Waals surface area (Å²) in [4.78, 5) is 8.55. The Balaban J connectivity index is 2.10. The first-order valence-corrected chi connectivity index (χ1v) is 7.24. The Kier molecular flexibility index (Phi) is 4.22. The molecular weight excluding hydrogens is 320 g/mol. The summed E-state index contributed by atoms with van der Waals surface area (Å²) in [5.41, 5.74) is 2.08. The van der Waals surface area contributed by atoms with Crippen LogP contribution in [0.3, 0.4) is 0 Å². The van der Waals surface area contributed by atoms with Crippen molar-refractivity contribution in [3.63, 3.8) is 0 Å². The number of nitrogens with zero attached hydrogens (tertiary/aromatic N) is 7. The fourth-order valence-corrected chi connectivity index (χ4v) is 2.28. The highest BCUT2D eigenvalue weighted by Gasteiger charge is 2.12. The van der Waals surface area contributed by atoms with E-state index in [1.165, 1.54) is 23.3 Å². The predicted molar refractivity (Wildman–Crippen MR) is 89.5 cm³/mol. The molecule has 0 aliphatic carbocycles. The predicted octanol–water partition coefficient (Wildman–Crippen LogP) is 1.82. The molecular formula is C16H12N8O. The van der Waals surface area contributed by atoms with Crippen LogP contribution >= 0.6 is 0 Å². The van der Waals surface area contributed by atoms with Gasteiger partial charge in [-0.2, -0.15) is 20.3 Å². The van der Waals surface area contributed by atoms with Gasteiger partial charge in [0.05, 0.1) is 24.0 Å². The number of nitrogens with one attached hydrogen (secondary N) is 1. The number of rotatable bonds is 4. The molecule has 0 saturated carbocycles. The molecule has 0 saturated heterocycles. The third kappa shape index (κ3) is 3.07. The van der Waals surface area contributed by atoms with Crippen molar-refractivity contribution in [2.75, 3.05) is 5.32 Å². The van der Waals surface area contributed by atoms with Gasteiger partial charge in [0, 0.05) is 35.1 Å². The van der Waals surface area contributed by atoms with Crippen LogP contribution in [0.5, 0.6) is 0 Å². The number of aromatic nitrogens is 4. The molecule has 9 nitrogen and oxygen atoms in total. The van der Waals surface area contributed by atoms with E-state index >= 15 is 0 Å². The molecule has 0 bridgehead atoms. The molecule has 0 aliphatic rings. The number of hydrogen-bond donors (Lipinski definition) is 2. The fourth-order valence-electron chi connectivity index (χ4n) is 2.28. The largest absolute Gasteiger partial charge is 0.411 e. The molecule has 9 heteroatoms. The minimum atomic E-state index is -0.452. The topological polar surface area (TPSA) is 136 Å². The lowest BCUT2D eigenvalue weighted by atomic mass is 10.2. The van der Waals surface area contributed by atoms with Crippen molar-refractivity contribution in [1.82, 2.24) is 19.7 Å². The maximum Gasteiger partial charge on any atom is 0.164 e. The second kappa shape index (κ2) is 6.64. The van der Waals surface area contributed by atoms with E-state index in [2.05, 4.69) is 31.6 Å². The molecule has 0 amide bonds. The van der Waals surface area contributed by atoms with Crippen molar-refractivity contribution in [1.29, 1.82) is 10.5 Å². The first-order valence-electron chi connectivity index (χ1n) is 7.24. The molecule has 0 fully saturated rings. The average molecular weight is 332 g/mol. The Morgan fingerprint density at radius 3 is 2.84 bits per heavy atom.